The Morgan fingerprint density at radius 3 is 2.83 bits per heavy atom. The summed E-state index contributed by atoms with van der Waals surface area (Å²) in [5.74, 6) is 5.61. The molecule has 90 valence electrons. The summed E-state index contributed by atoms with van der Waals surface area (Å²) in [5, 5.41) is 4.93. The van der Waals surface area contributed by atoms with Crippen molar-refractivity contribution in [2.75, 3.05) is 5.43 Å². The first-order chi connectivity index (χ1) is 8.78. The number of nitrogen functional groups attached to an aromatic ring is 1. The number of nitrogens with two attached hydrogens (primary N) is 1. The van der Waals surface area contributed by atoms with E-state index in [1.165, 1.54) is 0 Å². The normalized spacial score (nSPS) is 10.8. The maximum atomic E-state index is 5.20. The first-order valence-electron chi connectivity index (χ1n) is 5.45. The molecule has 0 aliphatic rings. The molecular formula is C12H11N5O. The third-order valence-electron chi connectivity index (χ3n) is 2.70. The van der Waals surface area contributed by atoms with E-state index < -0.39 is 0 Å². The lowest BCUT2D eigenvalue weighted by atomic mass is 10.1. The third kappa shape index (κ3) is 1.68. The van der Waals surface area contributed by atoms with Gasteiger partial charge in [-0.2, -0.15) is 4.98 Å². The summed E-state index contributed by atoms with van der Waals surface area (Å²) < 4.78 is 4.88. The average Bonchev–Trinajstić information content (AvgIpc) is 2.87. The molecule has 0 amide bonds. The standard InChI is InChI=1S/C12H11N5O/c1-7-6-10(11-15-12(16-13)18-17-11)14-9-5-3-2-4-8(7)9/h2-6H,13H2,1H3,(H,15,16,17). The fraction of sp³-hybridized carbons (Fsp3) is 0.0833. The van der Waals surface area contributed by atoms with Gasteiger partial charge in [-0.25, -0.2) is 10.8 Å². The van der Waals surface area contributed by atoms with E-state index in [9.17, 15) is 0 Å². The van der Waals surface area contributed by atoms with Crippen LogP contribution in [0.2, 0.25) is 0 Å². The van der Waals surface area contributed by atoms with Gasteiger partial charge in [-0.15, -0.1) is 0 Å². The van der Waals surface area contributed by atoms with Crippen molar-refractivity contribution in [1.29, 1.82) is 0 Å². The van der Waals surface area contributed by atoms with Gasteiger partial charge in [0.25, 0.3) is 0 Å². The molecule has 0 fully saturated rings. The lowest BCUT2D eigenvalue weighted by Gasteiger charge is -2.03. The van der Waals surface area contributed by atoms with Crippen LogP contribution in [0.25, 0.3) is 22.4 Å². The molecule has 0 atom stereocenters. The van der Waals surface area contributed by atoms with E-state index in [0.717, 1.165) is 16.5 Å². The molecule has 0 aliphatic carbocycles. The zero-order chi connectivity index (χ0) is 12.5. The van der Waals surface area contributed by atoms with Crippen LogP contribution in [-0.4, -0.2) is 15.1 Å². The number of nitrogens with zero attached hydrogens (tertiary/aromatic N) is 3. The number of rotatable bonds is 2. The number of hydrogen-bond acceptors (Lipinski definition) is 6. The van der Waals surface area contributed by atoms with Crippen LogP contribution >= 0.6 is 0 Å². The summed E-state index contributed by atoms with van der Waals surface area (Å²) in [7, 11) is 0. The second-order valence-electron chi connectivity index (χ2n) is 3.91. The molecule has 6 heteroatoms. The topological polar surface area (TPSA) is 89.9 Å². The van der Waals surface area contributed by atoms with Gasteiger partial charge in [0.1, 0.15) is 5.69 Å². The van der Waals surface area contributed by atoms with Crippen LogP contribution < -0.4 is 11.3 Å². The maximum absolute atomic E-state index is 5.20. The SMILES string of the molecule is Cc1cc(-c2noc(NN)n2)nc2ccccc12. The van der Waals surface area contributed by atoms with Crippen LogP contribution in [0.15, 0.2) is 34.9 Å². The van der Waals surface area contributed by atoms with Crippen LogP contribution in [0.4, 0.5) is 6.01 Å². The molecular weight excluding hydrogens is 230 g/mol. The summed E-state index contributed by atoms with van der Waals surface area (Å²) in [5.41, 5.74) is 4.98. The smallest absolute Gasteiger partial charge is 0.314 e. The Morgan fingerprint density at radius 2 is 2.06 bits per heavy atom. The quantitative estimate of drug-likeness (QED) is 0.526. The summed E-state index contributed by atoms with van der Waals surface area (Å²) >= 11 is 0. The van der Waals surface area contributed by atoms with Crippen LogP contribution in [-0.2, 0) is 0 Å². The number of pyridine rings is 1. The molecule has 0 bridgehead atoms. The van der Waals surface area contributed by atoms with E-state index in [4.69, 9.17) is 10.4 Å². The Balaban J connectivity index is 2.18. The van der Waals surface area contributed by atoms with Crippen LogP contribution in [0.5, 0.6) is 0 Å². The lowest BCUT2D eigenvalue weighted by molar-refractivity contribution is 0.432. The van der Waals surface area contributed by atoms with Gasteiger partial charge in [0, 0.05) is 5.39 Å². The average molecular weight is 241 g/mol. The second-order valence-corrected chi connectivity index (χ2v) is 3.91. The Bertz CT molecular complexity index is 707. The molecule has 2 aromatic heterocycles. The maximum Gasteiger partial charge on any atom is 0.335 e. The highest BCUT2D eigenvalue weighted by atomic mass is 16.5. The van der Waals surface area contributed by atoms with Gasteiger partial charge in [0.15, 0.2) is 0 Å². The number of hydrogen-bond donors (Lipinski definition) is 2. The summed E-state index contributed by atoms with van der Waals surface area (Å²) in [6, 6.07) is 10.0. The number of aromatic nitrogens is 3. The van der Waals surface area contributed by atoms with Gasteiger partial charge in [0.05, 0.1) is 5.52 Å². The number of anilines is 1. The van der Waals surface area contributed by atoms with Crippen LogP contribution in [0, 0.1) is 6.92 Å². The minimum Gasteiger partial charge on any atom is -0.314 e. The number of para-hydroxylation sites is 1. The molecule has 18 heavy (non-hydrogen) atoms. The van der Waals surface area contributed by atoms with Crippen molar-refractivity contribution in [3.8, 4) is 11.5 Å². The molecule has 0 saturated carbocycles. The molecule has 2 heterocycles. The lowest BCUT2D eigenvalue weighted by Crippen LogP contribution is -2.06. The van der Waals surface area contributed by atoms with Gasteiger partial charge in [-0.05, 0) is 24.6 Å². The van der Waals surface area contributed by atoms with Crippen LogP contribution in [0.3, 0.4) is 0 Å². The van der Waals surface area contributed by atoms with Crippen molar-refractivity contribution in [2.45, 2.75) is 6.92 Å². The second kappa shape index (κ2) is 4.08. The van der Waals surface area contributed by atoms with Gasteiger partial charge < -0.3 is 4.52 Å². The van der Waals surface area contributed by atoms with E-state index in [1.807, 2.05) is 37.3 Å². The molecule has 0 unspecified atom stereocenters. The molecule has 3 aromatic rings. The highest BCUT2D eigenvalue weighted by Gasteiger charge is 2.10. The first-order valence-corrected chi connectivity index (χ1v) is 5.45. The molecule has 3 rings (SSSR count). The van der Waals surface area contributed by atoms with Crippen molar-refractivity contribution < 1.29 is 4.52 Å². The fourth-order valence-electron chi connectivity index (χ4n) is 1.85. The van der Waals surface area contributed by atoms with Crippen molar-refractivity contribution in [3.05, 3.63) is 35.9 Å². The van der Waals surface area contributed by atoms with E-state index in [2.05, 4.69) is 20.6 Å². The Hall–Kier alpha value is -2.47. The zero-order valence-corrected chi connectivity index (χ0v) is 9.71. The van der Waals surface area contributed by atoms with Crippen molar-refractivity contribution in [1.82, 2.24) is 15.1 Å². The largest absolute Gasteiger partial charge is 0.335 e. The van der Waals surface area contributed by atoms with Crippen molar-refractivity contribution >= 4 is 16.9 Å². The summed E-state index contributed by atoms with van der Waals surface area (Å²) in [4.78, 5) is 8.57. The van der Waals surface area contributed by atoms with Gasteiger partial charge in [-0.3, -0.25) is 5.43 Å². The number of benzene rings is 1. The molecule has 1 aromatic carbocycles. The van der Waals surface area contributed by atoms with Gasteiger partial charge in [0.2, 0.25) is 5.82 Å². The molecule has 0 radical (unpaired) electrons. The number of hydrazine groups is 1. The Kier molecular flexibility index (Phi) is 2.42. The number of fused-ring (bicyclic) bond motifs is 1. The summed E-state index contributed by atoms with van der Waals surface area (Å²) in [6.07, 6.45) is 0. The molecule has 0 aliphatic heterocycles. The van der Waals surface area contributed by atoms with Gasteiger partial charge in [-0.1, -0.05) is 23.4 Å². The number of aryl methyl sites for hydroxylation is 1. The molecule has 6 nitrogen and oxygen atoms in total. The molecule has 0 saturated heterocycles. The minimum absolute atomic E-state index is 0.164. The first kappa shape index (κ1) is 10.7. The Labute approximate surface area is 103 Å². The highest BCUT2D eigenvalue weighted by Crippen LogP contribution is 2.22. The fourth-order valence-corrected chi connectivity index (χ4v) is 1.85. The summed E-state index contributed by atoms with van der Waals surface area (Å²) in [6.45, 7) is 2.02. The van der Waals surface area contributed by atoms with E-state index >= 15 is 0 Å². The molecule has 0 spiro atoms. The molecule has 3 N–H and O–H groups in total. The Morgan fingerprint density at radius 1 is 1.22 bits per heavy atom. The highest BCUT2D eigenvalue weighted by molar-refractivity contribution is 5.84. The number of nitrogens with one attached hydrogen (secondary N) is 1. The minimum atomic E-state index is 0.164. The zero-order valence-electron chi connectivity index (χ0n) is 9.71. The monoisotopic (exact) mass is 241 g/mol. The van der Waals surface area contributed by atoms with Gasteiger partial charge >= 0.3 is 6.01 Å². The predicted molar refractivity (Wildman–Crippen MR) is 67.6 cm³/mol. The van der Waals surface area contributed by atoms with E-state index in [0.29, 0.717) is 11.5 Å². The van der Waals surface area contributed by atoms with E-state index in [-0.39, 0.29) is 6.01 Å². The third-order valence-corrected chi connectivity index (χ3v) is 2.70. The predicted octanol–water partition coefficient (Wildman–Crippen LogP) is 1.88. The van der Waals surface area contributed by atoms with Crippen molar-refractivity contribution in [2.24, 2.45) is 5.84 Å². The van der Waals surface area contributed by atoms with Crippen LogP contribution in [0.1, 0.15) is 5.56 Å². The van der Waals surface area contributed by atoms with Crippen molar-refractivity contribution in [3.63, 3.8) is 0 Å². The van der Waals surface area contributed by atoms with E-state index in [1.54, 1.807) is 0 Å².